The van der Waals surface area contributed by atoms with Crippen LogP contribution in [0.2, 0.25) is 0 Å². The maximum atomic E-state index is 14.1. The van der Waals surface area contributed by atoms with Gasteiger partial charge in [-0.25, -0.2) is 0 Å². The van der Waals surface area contributed by atoms with Crippen LogP contribution in [-0.4, -0.2) is 44.7 Å². The summed E-state index contributed by atoms with van der Waals surface area (Å²) in [7, 11) is 0. The summed E-state index contributed by atoms with van der Waals surface area (Å²) in [6.45, 7) is 3.73. The molecule has 1 unspecified atom stereocenters. The zero-order chi connectivity index (χ0) is 30.0. The lowest BCUT2D eigenvalue weighted by Gasteiger charge is -2.18. The molecule has 1 atom stereocenters. The number of para-hydroxylation sites is 1. The lowest BCUT2D eigenvalue weighted by atomic mass is 9.97. The number of ether oxygens (including phenoxy) is 1. The minimum absolute atomic E-state index is 0.0920. The summed E-state index contributed by atoms with van der Waals surface area (Å²) in [6.07, 6.45) is 1.97. The lowest BCUT2D eigenvalue weighted by molar-refractivity contribution is -0.131. The number of hydrogen-bond acceptors (Lipinski definition) is 4. The Morgan fingerprint density at radius 3 is 2.65 bits per heavy atom. The van der Waals surface area contributed by atoms with Crippen LogP contribution in [0.1, 0.15) is 40.2 Å². The number of anilines is 1. The van der Waals surface area contributed by atoms with Crippen molar-refractivity contribution in [2.75, 3.05) is 17.3 Å². The highest BCUT2D eigenvalue weighted by Crippen LogP contribution is 2.47. The Hall–Kier alpha value is -5.02. The molecule has 0 spiro atoms. The molecule has 4 N–H and O–H groups in total. The van der Waals surface area contributed by atoms with E-state index in [0.29, 0.717) is 35.1 Å². The van der Waals surface area contributed by atoms with Gasteiger partial charge in [-0.1, -0.05) is 18.2 Å². The number of aromatic nitrogens is 3. The van der Waals surface area contributed by atoms with Gasteiger partial charge in [-0.15, -0.1) is 11.6 Å². The molecule has 2 amide bonds. The van der Waals surface area contributed by atoms with Crippen LogP contribution in [0, 0.1) is 6.92 Å². The zero-order valence-electron chi connectivity index (χ0n) is 23.5. The predicted molar refractivity (Wildman–Crippen MR) is 168 cm³/mol. The van der Waals surface area contributed by atoms with Gasteiger partial charge in [0.1, 0.15) is 5.69 Å². The number of nitrogens with two attached hydrogens (primary N) is 1. The predicted octanol–water partition coefficient (Wildman–Crippen LogP) is 5.84. The molecular weight excluding hydrogens is 566 g/mol. The van der Waals surface area contributed by atoms with E-state index in [1.807, 2.05) is 72.3 Å². The molecule has 3 aromatic carbocycles. The van der Waals surface area contributed by atoms with E-state index in [1.54, 1.807) is 11.0 Å². The molecule has 3 aromatic heterocycles. The molecule has 43 heavy (non-hydrogen) atoms. The number of fused-ring (bicyclic) bond motifs is 5. The fourth-order valence-corrected chi connectivity index (χ4v) is 6.66. The van der Waals surface area contributed by atoms with Crippen molar-refractivity contribution in [2.45, 2.75) is 26.2 Å². The molecule has 0 saturated carbocycles. The second kappa shape index (κ2) is 10.1. The molecule has 0 bridgehead atoms. The van der Waals surface area contributed by atoms with Crippen LogP contribution >= 0.6 is 11.6 Å². The molecule has 10 heteroatoms. The fourth-order valence-electron chi connectivity index (χ4n) is 6.41. The number of rotatable bonds is 6. The van der Waals surface area contributed by atoms with Crippen LogP contribution in [0.25, 0.3) is 38.4 Å². The van der Waals surface area contributed by atoms with E-state index >= 15 is 0 Å². The van der Waals surface area contributed by atoms with Crippen LogP contribution in [0.15, 0.2) is 66.9 Å². The Kier molecular flexibility index (Phi) is 6.28. The summed E-state index contributed by atoms with van der Waals surface area (Å²) in [4.78, 5) is 46.0. The first-order valence-corrected chi connectivity index (χ1v) is 14.5. The van der Waals surface area contributed by atoms with E-state index in [1.165, 1.54) is 6.92 Å². The standard InChI is InChI=1S/C33H28ClN5O4/c1-17-15-36-32-28(43-18(2)40)13-27-31(30(17)32)21(14-34)16-38(27)33(42)25-11-20-10-22(7-8-24(20)37-25)39-23(12-29(35)41)9-19-5-3-4-6-26(19)39/h3-11,13,15,21,36-37H,12,14,16H2,1-2H3,(H2,35,41). The Morgan fingerprint density at radius 1 is 1.07 bits per heavy atom. The summed E-state index contributed by atoms with van der Waals surface area (Å²) >= 11 is 6.44. The molecular formula is C33H28ClN5O4. The molecule has 7 rings (SSSR count). The van der Waals surface area contributed by atoms with Crippen LogP contribution < -0.4 is 15.4 Å². The SMILES string of the molecule is CC(=O)Oc1cc2c(c3c(C)c[nH]c13)C(CCl)CN2C(=O)c1cc2cc(-n3c(CC(N)=O)cc4ccccc43)ccc2[nH]1. The third-order valence-corrected chi connectivity index (χ3v) is 8.53. The Balaban J connectivity index is 1.31. The number of amides is 2. The Labute approximate surface area is 251 Å². The molecule has 0 aliphatic carbocycles. The first-order chi connectivity index (χ1) is 20.7. The van der Waals surface area contributed by atoms with Crippen LogP contribution in [0.5, 0.6) is 5.75 Å². The molecule has 1 aliphatic heterocycles. The number of carbonyl (C=O) groups excluding carboxylic acids is 3. The van der Waals surface area contributed by atoms with Crippen molar-refractivity contribution in [3.63, 3.8) is 0 Å². The maximum Gasteiger partial charge on any atom is 0.308 e. The fraction of sp³-hybridized carbons (Fsp3) is 0.182. The minimum atomic E-state index is -0.445. The summed E-state index contributed by atoms with van der Waals surface area (Å²) in [6, 6.07) is 19.3. The highest BCUT2D eigenvalue weighted by molar-refractivity contribution is 6.19. The van der Waals surface area contributed by atoms with Gasteiger partial charge in [0.25, 0.3) is 5.91 Å². The van der Waals surface area contributed by atoms with Gasteiger partial charge in [-0.3, -0.25) is 14.4 Å². The van der Waals surface area contributed by atoms with Gasteiger partial charge < -0.3 is 29.9 Å². The summed E-state index contributed by atoms with van der Waals surface area (Å²) in [5.41, 5.74) is 12.7. The maximum absolute atomic E-state index is 14.1. The van der Waals surface area contributed by atoms with Crippen molar-refractivity contribution >= 4 is 67.8 Å². The number of nitrogens with one attached hydrogen (secondary N) is 2. The minimum Gasteiger partial charge on any atom is -0.424 e. The lowest BCUT2D eigenvalue weighted by Crippen LogP contribution is -2.30. The quantitative estimate of drug-likeness (QED) is 0.127. The largest absolute Gasteiger partial charge is 0.424 e. The molecule has 0 fully saturated rings. The third kappa shape index (κ3) is 4.35. The van der Waals surface area contributed by atoms with Crippen molar-refractivity contribution in [1.82, 2.24) is 14.5 Å². The normalized spacial score (nSPS) is 14.6. The monoisotopic (exact) mass is 593 g/mol. The van der Waals surface area contributed by atoms with E-state index < -0.39 is 11.9 Å². The summed E-state index contributed by atoms with van der Waals surface area (Å²) in [5.74, 6) is -0.462. The molecule has 9 nitrogen and oxygen atoms in total. The van der Waals surface area contributed by atoms with Crippen LogP contribution in [0.3, 0.4) is 0 Å². The van der Waals surface area contributed by atoms with E-state index in [0.717, 1.165) is 49.7 Å². The second-order valence-electron chi connectivity index (χ2n) is 11.0. The summed E-state index contributed by atoms with van der Waals surface area (Å²) in [5, 5.41) is 2.77. The molecule has 4 heterocycles. The van der Waals surface area contributed by atoms with E-state index in [-0.39, 0.29) is 18.2 Å². The molecule has 6 aromatic rings. The number of hydrogen-bond donors (Lipinski definition) is 3. The number of aryl methyl sites for hydroxylation is 1. The van der Waals surface area contributed by atoms with Gasteiger partial charge >= 0.3 is 5.97 Å². The average Bonchev–Trinajstić information content (AvgIpc) is 3.74. The highest BCUT2D eigenvalue weighted by atomic mass is 35.5. The molecule has 0 saturated heterocycles. The topological polar surface area (TPSA) is 126 Å². The van der Waals surface area contributed by atoms with Crippen molar-refractivity contribution in [1.29, 1.82) is 0 Å². The Morgan fingerprint density at radius 2 is 1.88 bits per heavy atom. The molecule has 0 radical (unpaired) electrons. The van der Waals surface area contributed by atoms with Gasteiger partial charge in [-0.2, -0.15) is 0 Å². The second-order valence-corrected chi connectivity index (χ2v) is 11.3. The van der Waals surface area contributed by atoms with E-state index in [9.17, 15) is 14.4 Å². The summed E-state index contributed by atoms with van der Waals surface area (Å²) < 4.78 is 7.57. The van der Waals surface area contributed by atoms with Crippen LogP contribution in [0.4, 0.5) is 5.69 Å². The van der Waals surface area contributed by atoms with Gasteiger partial charge in [-0.05, 0) is 54.4 Å². The number of alkyl halides is 1. The number of H-pyrrole nitrogens is 2. The van der Waals surface area contributed by atoms with Gasteiger partial charge in [0, 0.05) is 70.6 Å². The zero-order valence-corrected chi connectivity index (χ0v) is 24.3. The number of nitrogens with zero attached hydrogens (tertiary/aromatic N) is 2. The Bertz CT molecular complexity index is 2120. The van der Waals surface area contributed by atoms with Crippen molar-refractivity contribution in [3.05, 3.63) is 89.4 Å². The van der Waals surface area contributed by atoms with Gasteiger partial charge in [0.15, 0.2) is 5.75 Å². The van der Waals surface area contributed by atoms with Gasteiger partial charge in [0.05, 0.1) is 23.1 Å². The van der Waals surface area contributed by atoms with Crippen molar-refractivity contribution in [2.24, 2.45) is 5.73 Å². The number of benzene rings is 3. The number of esters is 1. The smallest absolute Gasteiger partial charge is 0.308 e. The third-order valence-electron chi connectivity index (χ3n) is 8.16. The average molecular weight is 594 g/mol. The highest BCUT2D eigenvalue weighted by Gasteiger charge is 2.36. The first kappa shape index (κ1) is 26.9. The van der Waals surface area contributed by atoms with E-state index in [2.05, 4.69) is 9.97 Å². The number of carbonyl (C=O) groups is 3. The van der Waals surface area contributed by atoms with E-state index in [4.69, 9.17) is 22.1 Å². The number of aromatic amines is 2. The number of halogens is 1. The molecule has 1 aliphatic rings. The molecule has 216 valence electrons. The number of primary amides is 1. The first-order valence-electron chi connectivity index (χ1n) is 13.9. The van der Waals surface area contributed by atoms with Crippen molar-refractivity contribution < 1.29 is 19.1 Å². The van der Waals surface area contributed by atoms with Crippen molar-refractivity contribution in [3.8, 4) is 11.4 Å². The van der Waals surface area contributed by atoms with Gasteiger partial charge in [0.2, 0.25) is 5.91 Å². The van der Waals surface area contributed by atoms with Crippen LogP contribution in [-0.2, 0) is 16.0 Å².